The van der Waals surface area contributed by atoms with Crippen molar-refractivity contribution in [1.82, 2.24) is 24.4 Å². The lowest BCUT2D eigenvalue weighted by Gasteiger charge is -2.13. The van der Waals surface area contributed by atoms with Gasteiger partial charge >= 0.3 is 0 Å². The molecule has 6 nitrogen and oxygen atoms in total. The van der Waals surface area contributed by atoms with Crippen LogP contribution in [0, 0.1) is 6.92 Å². The Labute approximate surface area is 320 Å². The molecule has 4 aromatic carbocycles. The molecule has 2 N–H and O–H groups in total. The van der Waals surface area contributed by atoms with Crippen LogP contribution in [-0.2, 0) is 0 Å². The Hall–Kier alpha value is -5.93. The highest BCUT2D eigenvalue weighted by Crippen LogP contribution is 2.37. The summed E-state index contributed by atoms with van der Waals surface area (Å²) < 4.78 is 4.65. The normalized spacial score (nSPS) is 12.2. The Morgan fingerprint density at radius 2 is 1.17 bits per heavy atom. The Morgan fingerprint density at radius 1 is 0.635 bits per heavy atom. The third-order valence-corrected chi connectivity index (χ3v) is 9.87. The molecule has 254 valence electrons. The number of anilines is 1. The first-order chi connectivity index (χ1) is 25.2. The van der Waals surface area contributed by atoms with Crippen LogP contribution in [0.25, 0.3) is 79.0 Å². The minimum atomic E-state index is 0. The number of hydrogen-bond donors (Lipinski definition) is 2. The van der Waals surface area contributed by atoms with Crippen LogP contribution in [-0.4, -0.2) is 32.7 Å². The molecule has 0 atom stereocenters. The number of fused-ring (bicyclic) bond motifs is 4. The number of halogens is 1. The highest BCUT2D eigenvalue weighted by molar-refractivity contribution is 14.0. The Balaban J connectivity index is 0.00000387. The monoisotopic (exact) mass is 788 g/mol. The fourth-order valence-electron chi connectivity index (χ4n) is 7.35. The number of benzene rings is 4. The first kappa shape index (κ1) is 33.2. The van der Waals surface area contributed by atoms with Gasteiger partial charge in [-0.05, 0) is 84.9 Å². The van der Waals surface area contributed by atoms with Gasteiger partial charge in [-0.15, -0.1) is 24.0 Å². The number of hydrogen-bond acceptors (Lipinski definition) is 4. The zero-order valence-corrected chi connectivity index (χ0v) is 31.2. The second-order valence-electron chi connectivity index (χ2n) is 12.8. The van der Waals surface area contributed by atoms with E-state index < -0.39 is 0 Å². The summed E-state index contributed by atoms with van der Waals surface area (Å²) in [5, 5.41) is 9.15. The summed E-state index contributed by atoms with van der Waals surface area (Å²) >= 11 is 0. The Bertz CT molecular complexity index is 2590. The number of rotatable bonds is 7. The van der Waals surface area contributed by atoms with Crippen molar-refractivity contribution < 1.29 is 0 Å². The van der Waals surface area contributed by atoms with E-state index in [1.165, 1.54) is 44.4 Å². The lowest BCUT2D eigenvalue weighted by atomic mass is 10.1. The molecular weight excluding hydrogens is 751 g/mol. The lowest BCUT2D eigenvalue weighted by molar-refractivity contribution is 1.05. The average Bonchev–Trinajstić information content (AvgIpc) is 3.68. The van der Waals surface area contributed by atoms with Gasteiger partial charge in [-0.1, -0.05) is 78.9 Å². The predicted octanol–water partition coefficient (Wildman–Crippen LogP) is 10.9. The summed E-state index contributed by atoms with van der Waals surface area (Å²) in [6.07, 6.45) is 12.4. The van der Waals surface area contributed by atoms with Gasteiger partial charge in [0, 0.05) is 70.5 Å². The summed E-state index contributed by atoms with van der Waals surface area (Å²) in [5.41, 5.74) is 15.5. The minimum Gasteiger partial charge on any atom is -0.394 e. The fourth-order valence-corrected chi connectivity index (χ4v) is 7.35. The van der Waals surface area contributed by atoms with Crippen molar-refractivity contribution in [3.63, 3.8) is 0 Å². The second-order valence-corrected chi connectivity index (χ2v) is 12.8. The summed E-state index contributed by atoms with van der Waals surface area (Å²) in [7, 11) is 1.92. The molecule has 4 aromatic heterocycles. The first-order valence-corrected chi connectivity index (χ1v) is 17.3. The van der Waals surface area contributed by atoms with E-state index in [4.69, 9.17) is 9.97 Å². The van der Waals surface area contributed by atoms with Gasteiger partial charge in [0.05, 0.1) is 33.8 Å². The van der Waals surface area contributed by atoms with E-state index in [9.17, 15) is 0 Å². The van der Waals surface area contributed by atoms with Gasteiger partial charge in [-0.25, -0.2) is 0 Å². The standard InChI is InChI=1S/C45H36N6.HI/c1-30-37(25-27-46-2)38-8-3-5-10-42(38)50(30)35-19-13-31(14-20-35)33-17-23-40(48-28-33)41-24-18-34(29-49-41)32-15-21-36(22-16-32)51-43-11-6-4-9-39(43)45-44(51)12-7-26-47-45;/h3-25,27-29,46-47H,26H2,1-2H3;1H/b27-25-;. The van der Waals surface area contributed by atoms with Gasteiger partial charge in [0.1, 0.15) is 0 Å². The minimum absolute atomic E-state index is 0. The van der Waals surface area contributed by atoms with Gasteiger partial charge in [0.15, 0.2) is 0 Å². The van der Waals surface area contributed by atoms with Crippen molar-refractivity contribution in [1.29, 1.82) is 0 Å². The molecule has 5 heterocycles. The maximum absolute atomic E-state index is 4.80. The summed E-state index contributed by atoms with van der Waals surface area (Å²) in [6.45, 7) is 3.02. The van der Waals surface area contributed by atoms with Crippen LogP contribution in [0.3, 0.4) is 0 Å². The van der Waals surface area contributed by atoms with Crippen molar-refractivity contribution in [2.24, 2.45) is 0 Å². The van der Waals surface area contributed by atoms with Crippen LogP contribution in [0.4, 0.5) is 5.69 Å². The van der Waals surface area contributed by atoms with E-state index >= 15 is 0 Å². The molecule has 0 unspecified atom stereocenters. The van der Waals surface area contributed by atoms with Crippen molar-refractivity contribution in [3.8, 4) is 45.0 Å². The molecule has 9 rings (SSSR count). The van der Waals surface area contributed by atoms with Crippen LogP contribution < -0.4 is 10.6 Å². The Kier molecular flexibility index (Phi) is 8.95. The van der Waals surface area contributed by atoms with Crippen LogP contribution in [0.1, 0.15) is 17.0 Å². The van der Waals surface area contributed by atoms with Crippen LogP contribution in [0.15, 0.2) is 146 Å². The van der Waals surface area contributed by atoms with E-state index in [0.29, 0.717) is 0 Å². The van der Waals surface area contributed by atoms with Gasteiger partial charge in [-0.3, -0.25) is 9.97 Å². The van der Waals surface area contributed by atoms with E-state index in [1.807, 2.05) is 25.6 Å². The number of nitrogens with zero attached hydrogens (tertiary/aromatic N) is 4. The largest absolute Gasteiger partial charge is 0.394 e. The maximum atomic E-state index is 4.80. The summed E-state index contributed by atoms with van der Waals surface area (Å²) in [4.78, 5) is 9.60. The molecule has 1 aliphatic heterocycles. The molecule has 0 amide bonds. The molecule has 8 aromatic rings. The molecule has 0 radical (unpaired) electrons. The van der Waals surface area contributed by atoms with Gasteiger partial charge in [-0.2, -0.15) is 0 Å². The van der Waals surface area contributed by atoms with Crippen molar-refractivity contribution >= 4 is 63.6 Å². The third kappa shape index (κ3) is 5.77. The van der Waals surface area contributed by atoms with Crippen molar-refractivity contribution in [3.05, 3.63) is 163 Å². The predicted molar refractivity (Wildman–Crippen MR) is 228 cm³/mol. The zero-order chi connectivity index (χ0) is 34.3. The smallest absolute Gasteiger partial charge is 0.0886 e. The number of pyridine rings is 2. The van der Waals surface area contributed by atoms with E-state index in [1.54, 1.807) is 0 Å². The third-order valence-electron chi connectivity index (χ3n) is 9.87. The van der Waals surface area contributed by atoms with E-state index in [-0.39, 0.29) is 24.0 Å². The van der Waals surface area contributed by atoms with Gasteiger partial charge < -0.3 is 19.8 Å². The SMILES string of the molecule is CN/C=C\c1c(C)n(-c2ccc(-c3ccc(-c4ccc(-c5ccc(-n6c7c(c8ccccc86)NCC=C7)cc5)cn4)nc3)cc2)c2ccccc12.I. The molecular formula is C45H37IN6. The Morgan fingerprint density at radius 3 is 1.75 bits per heavy atom. The van der Waals surface area contributed by atoms with Gasteiger partial charge in [0.25, 0.3) is 0 Å². The van der Waals surface area contributed by atoms with Crippen LogP contribution >= 0.6 is 24.0 Å². The summed E-state index contributed by atoms with van der Waals surface area (Å²) in [6, 6.07) is 42.9. The molecule has 0 spiro atoms. The number of para-hydroxylation sites is 2. The molecule has 1 aliphatic rings. The lowest BCUT2D eigenvalue weighted by Crippen LogP contribution is -2.05. The van der Waals surface area contributed by atoms with E-state index in [0.717, 1.165) is 51.6 Å². The molecule has 0 aliphatic carbocycles. The van der Waals surface area contributed by atoms with Crippen LogP contribution in [0.5, 0.6) is 0 Å². The van der Waals surface area contributed by atoms with E-state index in [2.05, 4.69) is 166 Å². The highest BCUT2D eigenvalue weighted by atomic mass is 127. The molecule has 52 heavy (non-hydrogen) atoms. The van der Waals surface area contributed by atoms with Crippen molar-refractivity contribution in [2.75, 3.05) is 18.9 Å². The number of aromatic nitrogens is 4. The molecule has 0 saturated carbocycles. The van der Waals surface area contributed by atoms with Crippen molar-refractivity contribution in [2.45, 2.75) is 6.92 Å². The molecule has 7 heteroatoms. The molecule has 0 fully saturated rings. The molecule has 0 saturated heterocycles. The first-order valence-electron chi connectivity index (χ1n) is 17.3. The average molecular weight is 789 g/mol. The fraction of sp³-hybridized carbons (Fsp3) is 0.0667. The van der Waals surface area contributed by atoms with Gasteiger partial charge in [0.2, 0.25) is 0 Å². The number of nitrogens with one attached hydrogen (secondary N) is 2. The van der Waals surface area contributed by atoms with Crippen LogP contribution in [0.2, 0.25) is 0 Å². The molecule has 0 bridgehead atoms. The maximum Gasteiger partial charge on any atom is 0.0886 e. The topological polar surface area (TPSA) is 59.7 Å². The second kappa shape index (κ2) is 14.0. The summed E-state index contributed by atoms with van der Waals surface area (Å²) in [5.74, 6) is 0. The zero-order valence-electron chi connectivity index (χ0n) is 28.9. The quantitative estimate of drug-likeness (QED) is 0.158. The highest BCUT2D eigenvalue weighted by Gasteiger charge is 2.18.